The minimum absolute atomic E-state index is 0.0472. The van der Waals surface area contributed by atoms with E-state index in [0.29, 0.717) is 12.1 Å². The number of ether oxygens (including phenoxy) is 1. The lowest BCUT2D eigenvalue weighted by atomic mass is 10.1. The second-order valence-electron chi connectivity index (χ2n) is 4.14. The lowest BCUT2D eigenvalue weighted by molar-refractivity contribution is -0.119. The van der Waals surface area contributed by atoms with Crippen LogP contribution in [0.15, 0.2) is 12.1 Å². The van der Waals surface area contributed by atoms with Crippen LogP contribution in [0.25, 0.3) is 0 Å². The van der Waals surface area contributed by atoms with Crippen molar-refractivity contribution in [1.29, 1.82) is 0 Å². The average Bonchev–Trinajstić information content (AvgIpc) is 2.39. The van der Waals surface area contributed by atoms with Crippen LogP contribution in [-0.2, 0) is 4.79 Å². The monoisotopic (exact) mass is 285 g/mol. The van der Waals surface area contributed by atoms with Crippen LogP contribution in [0.3, 0.4) is 0 Å². The molecule has 0 aliphatic heterocycles. The second-order valence-corrected chi connectivity index (χ2v) is 4.54. The predicted octanol–water partition coefficient (Wildman–Crippen LogP) is 3.03. The van der Waals surface area contributed by atoms with Crippen molar-refractivity contribution in [1.82, 2.24) is 0 Å². The van der Waals surface area contributed by atoms with E-state index >= 15 is 0 Å². The summed E-state index contributed by atoms with van der Waals surface area (Å²) in [5.41, 5.74) is 0.294. The molecule has 1 aromatic rings. The molecule has 6 heteroatoms. The van der Waals surface area contributed by atoms with Crippen molar-refractivity contribution in [2.75, 3.05) is 12.4 Å². The van der Waals surface area contributed by atoms with E-state index in [0.717, 1.165) is 0 Å². The highest BCUT2D eigenvalue weighted by atomic mass is 35.5. The molecule has 1 unspecified atom stereocenters. The van der Waals surface area contributed by atoms with E-state index in [1.54, 1.807) is 6.92 Å². The second kappa shape index (κ2) is 6.43. The van der Waals surface area contributed by atoms with Crippen molar-refractivity contribution in [3.05, 3.63) is 22.7 Å². The highest BCUT2D eigenvalue weighted by molar-refractivity contribution is 6.34. The highest BCUT2D eigenvalue weighted by Crippen LogP contribution is 2.31. The van der Waals surface area contributed by atoms with E-state index in [1.165, 1.54) is 19.2 Å². The average molecular weight is 286 g/mol. The van der Waals surface area contributed by atoms with Gasteiger partial charge in [-0.25, -0.2) is 4.79 Å². The molecule has 2 N–H and O–H groups in total. The summed E-state index contributed by atoms with van der Waals surface area (Å²) in [5.74, 6) is -1.31. The predicted molar refractivity (Wildman–Crippen MR) is 73.0 cm³/mol. The van der Waals surface area contributed by atoms with Crippen molar-refractivity contribution in [2.45, 2.75) is 20.3 Å². The third-order valence-electron chi connectivity index (χ3n) is 2.84. The van der Waals surface area contributed by atoms with Crippen LogP contribution in [0, 0.1) is 5.92 Å². The van der Waals surface area contributed by atoms with Gasteiger partial charge in [-0.3, -0.25) is 4.79 Å². The molecule has 19 heavy (non-hydrogen) atoms. The van der Waals surface area contributed by atoms with Gasteiger partial charge in [-0.1, -0.05) is 25.4 Å². The molecular weight excluding hydrogens is 270 g/mol. The fraction of sp³-hybridized carbons (Fsp3) is 0.385. The number of anilines is 1. The third-order valence-corrected chi connectivity index (χ3v) is 3.15. The van der Waals surface area contributed by atoms with Gasteiger partial charge in [0.15, 0.2) is 0 Å². The van der Waals surface area contributed by atoms with E-state index < -0.39 is 5.97 Å². The maximum Gasteiger partial charge on any atom is 0.339 e. The van der Waals surface area contributed by atoms with Gasteiger partial charge in [-0.2, -0.15) is 0 Å². The summed E-state index contributed by atoms with van der Waals surface area (Å²) in [6.45, 7) is 3.70. The molecule has 1 atom stereocenters. The molecule has 0 aliphatic rings. The zero-order valence-corrected chi connectivity index (χ0v) is 11.7. The van der Waals surface area contributed by atoms with Gasteiger partial charge < -0.3 is 15.2 Å². The van der Waals surface area contributed by atoms with Crippen molar-refractivity contribution in [2.24, 2.45) is 5.92 Å². The number of nitrogens with one attached hydrogen (secondary N) is 1. The van der Waals surface area contributed by atoms with Crippen LogP contribution in [-0.4, -0.2) is 24.1 Å². The molecule has 0 aromatic heterocycles. The number of benzene rings is 1. The smallest absolute Gasteiger partial charge is 0.339 e. The maximum absolute atomic E-state index is 11.8. The highest BCUT2D eigenvalue weighted by Gasteiger charge is 2.17. The number of carboxylic acids is 1. The molecule has 0 fully saturated rings. The molecular formula is C13H16ClNO4. The summed E-state index contributed by atoms with van der Waals surface area (Å²) >= 11 is 5.96. The molecule has 0 saturated heterocycles. The number of carboxylic acid groups (broad SMARTS) is 1. The van der Waals surface area contributed by atoms with Crippen LogP contribution in [0.4, 0.5) is 5.69 Å². The number of hydrogen-bond acceptors (Lipinski definition) is 3. The molecule has 104 valence electrons. The molecule has 0 heterocycles. The molecule has 0 bridgehead atoms. The number of aromatic carboxylic acids is 1. The van der Waals surface area contributed by atoms with Crippen LogP contribution in [0.1, 0.15) is 30.6 Å². The van der Waals surface area contributed by atoms with Gasteiger partial charge in [-0.05, 0) is 12.5 Å². The molecule has 1 amide bonds. The SMILES string of the molecule is CCC(C)C(=O)Nc1cc(OC)c(C(=O)O)cc1Cl. The number of carbonyl (C=O) groups is 2. The largest absolute Gasteiger partial charge is 0.496 e. The maximum atomic E-state index is 11.8. The fourth-order valence-electron chi connectivity index (χ4n) is 1.43. The normalized spacial score (nSPS) is 11.8. The van der Waals surface area contributed by atoms with Crippen molar-refractivity contribution < 1.29 is 19.4 Å². The Labute approximate surface area is 116 Å². The Kier molecular flexibility index (Phi) is 5.18. The quantitative estimate of drug-likeness (QED) is 0.872. The minimum Gasteiger partial charge on any atom is -0.496 e. The van der Waals surface area contributed by atoms with Gasteiger partial charge in [0.1, 0.15) is 11.3 Å². The minimum atomic E-state index is -1.14. The number of methoxy groups -OCH3 is 1. The summed E-state index contributed by atoms with van der Waals surface area (Å²) in [7, 11) is 1.36. The Morgan fingerprint density at radius 3 is 2.58 bits per heavy atom. The standard InChI is InChI=1S/C13H16ClNO4/c1-4-7(2)12(16)15-10-6-11(19-3)8(13(17)18)5-9(10)14/h5-7H,4H2,1-3H3,(H,15,16)(H,17,18). The summed E-state index contributed by atoms with van der Waals surface area (Å²) < 4.78 is 4.98. The van der Waals surface area contributed by atoms with E-state index in [9.17, 15) is 9.59 Å². The first-order valence-corrected chi connectivity index (χ1v) is 6.20. The number of hydrogen-bond donors (Lipinski definition) is 2. The van der Waals surface area contributed by atoms with Crippen molar-refractivity contribution in [3.8, 4) is 5.75 Å². The van der Waals surface area contributed by atoms with E-state index in [2.05, 4.69) is 5.32 Å². The Morgan fingerprint density at radius 2 is 2.11 bits per heavy atom. The lowest BCUT2D eigenvalue weighted by Gasteiger charge is -2.13. The summed E-state index contributed by atoms with van der Waals surface area (Å²) in [6, 6.07) is 2.67. The molecule has 0 radical (unpaired) electrons. The molecule has 0 aliphatic carbocycles. The number of amides is 1. The molecule has 5 nitrogen and oxygen atoms in total. The Hall–Kier alpha value is -1.75. The Balaban J connectivity index is 3.10. The molecule has 1 aromatic carbocycles. The molecule has 0 spiro atoms. The zero-order chi connectivity index (χ0) is 14.6. The van der Waals surface area contributed by atoms with E-state index in [4.69, 9.17) is 21.4 Å². The van der Waals surface area contributed by atoms with E-state index in [1.807, 2.05) is 6.92 Å². The summed E-state index contributed by atoms with van der Waals surface area (Å²) in [6.07, 6.45) is 0.702. The van der Waals surface area contributed by atoms with Crippen LogP contribution in [0.5, 0.6) is 5.75 Å². The Morgan fingerprint density at radius 1 is 1.47 bits per heavy atom. The topological polar surface area (TPSA) is 75.6 Å². The van der Waals surface area contributed by atoms with E-state index in [-0.39, 0.29) is 28.2 Å². The number of carbonyl (C=O) groups excluding carboxylic acids is 1. The molecule has 0 saturated carbocycles. The van der Waals surface area contributed by atoms with Gasteiger partial charge in [0, 0.05) is 12.0 Å². The first-order chi connectivity index (χ1) is 8.90. The van der Waals surface area contributed by atoms with Gasteiger partial charge in [0.05, 0.1) is 17.8 Å². The van der Waals surface area contributed by atoms with Gasteiger partial charge >= 0.3 is 5.97 Å². The third kappa shape index (κ3) is 3.61. The molecule has 1 rings (SSSR count). The lowest BCUT2D eigenvalue weighted by Crippen LogP contribution is -2.20. The summed E-state index contributed by atoms with van der Waals surface area (Å²) in [5, 5.41) is 11.8. The van der Waals surface area contributed by atoms with Gasteiger partial charge in [0.2, 0.25) is 5.91 Å². The zero-order valence-electron chi connectivity index (χ0n) is 11.0. The fourth-order valence-corrected chi connectivity index (χ4v) is 1.64. The van der Waals surface area contributed by atoms with Crippen LogP contribution >= 0.6 is 11.6 Å². The van der Waals surface area contributed by atoms with Gasteiger partial charge in [0.25, 0.3) is 0 Å². The number of rotatable bonds is 5. The number of halogens is 1. The first kappa shape index (κ1) is 15.3. The van der Waals surface area contributed by atoms with Crippen LogP contribution in [0.2, 0.25) is 5.02 Å². The van der Waals surface area contributed by atoms with Gasteiger partial charge in [-0.15, -0.1) is 0 Å². The first-order valence-electron chi connectivity index (χ1n) is 5.82. The Bertz CT molecular complexity index is 502. The van der Waals surface area contributed by atoms with Crippen molar-refractivity contribution >= 4 is 29.2 Å². The summed E-state index contributed by atoms with van der Waals surface area (Å²) in [4.78, 5) is 22.8. The van der Waals surface area contributed by atoms with Crippen molar-refractivity contribution in [3.63, 3.8) is 0 Å². The van der Waals surface area contributed by atoms with Crippen LogP contribution < -0.4 is 10.1 Å².